The molecule has 2 amide bonds. The molecule has 3 N–H and O–H groups in total. The van der Waals surface area contributed by atoms with Gasteiger partial charge in [-0.05, 0) is 64.5 Å². The van der Waals surface area contributed by atoms with Crippen LogP contribution < -0.4 is 5.32 Å². The fraction of sp³-hybridized carbons (Fsp3) is 0.500. The zero-order valence-electron chi connectivity index (χ0n) is 18.4. The van der Waals surface area contributed by atoms with Crippen molar-refractivity contribution < 1.29 is 19.8 Å². The van der Waals surface area contributed by atoms with Crippen LogP contribution in [-0.4, -0.2) is 22.0 Å². The second-order valence-corrected chi connectivity index (χ2v) is 7.80. The van der Waals surface area contributed by atoms with E-state index < -0.39 is 11.8 Å². The van der Waals surface area contributed by atoms with E-state index in [1.807, 2.05) is 13.0 Å². The van der Waals surface area contributed by atoms with Crippen LogP contribution in [-0.2, 0) is 17.6 Å². The van der Waals surface area contributed by atoms with Crippen LogP contribution in [0.3, 0.4) is 0 Å². The molecule has 160 valence electrons. The Bertz CT molecular complexity index is 787. The Morgan fingerprint density at radius 2 is 1.76 bits per heavy atom. The lowest BCUT2D eigenvalue weighted by atomic mass is 9.94. The van der Waals surface area contributed by atoms with Crippen LogP contribution in [0.15, 0.2) is 29.4 Å². The van der Waals surface area contributed by atoms with E-state index in [2.05, 4.69) is 32.2 Å². The van der Waals surface area contributed by atoms with Gasteiger partial charge in [-0.2, -0.15) is 0 Å². The molecule has 0 atom stereocenters. The molecule has 0 heterocycles. The van der Waals surface area contributed by atoms with E-state index >= 15 is 0 Å². The number of phenolic OH excluding ortho intramolecular Hbond substituents is 2. The minimum absolute atomic E-state index is 0.0262. The maximum atomic E-state index is 12.5. The Kier molecular flexibility index (Phi) is 10.2. The number of amides is 2. The molecule has 29 heavy (non-hydrogen) atoms. The maximum Gasteiger partial charge on any atom is 0.261 e. The van der Waals surface area contributed by atoms with Gasteiger partial charge in [0.2, 0.25) is 5.91 Å². The summed E-state index contributed by atoms with van der Waals surface area (Å²) in [6, 6.07) is 1.55. The highest BCUT2D eigenvalue weighted by Crippen LogP contribution is 2.35. The fourth-order valence-corrected chi connectivity index (χ4v) is 3.16. The predicted molar refractivity (Wildman–Crippen MR) is 117 cm³/mol. The summed E-state index contributed by atoms with van der Waals surface area (Å²) in [5.74, 6) is -1.39. The summed E-state index contributed by atoms with van der Waals surface area (Å²) < 4.78 is 0. The molecule has 1 aromatic rings. The van der Waals surface area contributed by atoms with Crippen LogP contribution in [0, 0.1) is 0 Å². The molecule has 5 heteroatoms. The SMILES string of the molecule is CCCCCc1cc(O)c(CC=C(C)CCC=C(C)C)c(O)c1C(=O)NC(C)=O. The summed E-state index contributed by atoms with van der Waals surface area (Å²) in [7, 11) is 0. The molecular formula is C24H35NO4. The minimum Gasteiger partial charge on any atom is -0.508 e. The van der Waals surface area contributed by atoms with Gasteiger partial charge >= 0.3 is 0 Å². The van der Waals surface area contributed by atoms with Crippen molar-refractivity contribution in [1.82, 2.24) is 5.32 Å². The molecule has 1 rings (SSSR count). The van der Waals surface area contributed by atoms with E-state index in [9.17, 15) is 19.8 Å². The Morgan fingerprint density at radius 3 is 2.34 bits per heavy atom. The number of carbonyl (C=O) groups excluding carboxylic acids is 2. The predicted octanol–water partition coefficient (Wildman–Crippen LogP) is 5.34. The van der Waals surface area contributed by atoms with Crippen molar-refractivity contribution in [2.45, 2.75) is 79.6 Å². The number of carbonyl (C=O) groups is 2. The van der Waals surface area contributed by atoms with E-state index in [-0.39, 0.29) is 17.1 Å². The van der Waals surface area contributed by atoms with Crippen LogP contribution in [0.2, 0.25) is 0 Å². The first-order valence-corrected chi connectivity index (χ1v) is 10.3. The number of aromatic hydroxyl groups is 2. The van der Waals surface area contributed by atoms with Crippen molar-refractivity contribution in [2.75, 3.05) is 0 Å². The van der Waals surface area contributed by atoms with Crippen molar-refractivity contribution in [3.05, 3.63) is 46.1 Å². The number of aryl methyl sites for hydroxylation is 1. The van der Waals surface area contributed by atoms with Gasteiger partial charge < -0.3 is 10.2 Å². The van der Waals surface area contributed by atoms with E-state index in [0.717, 1.165) is 37.7 Å². The van der Waals surface area contributed by atoms with Gasteiger partial charge in [0.25, 0.3) is 5.91 Å². The molecule has 0 aromatic heterocycles. The summed E-state index contributed by atoms with van der Waals surface area (Å²) in [5.41, 5.74) is 3.36. The number of phenols is 2. The average molecular weight is 402 g/mol. The third kappa shape index (κ3) is 8.14. The molecule has 0 unspecified atom stereocenters. The number of unbranched alkanes of at least 4 members (excludes halogenated alkanes) is 2. The molecule has 0 spiro atoms. The molecule has 1 aromatic carbocycles. The molecule has 0 fully saturated rings. The standard InChI is InChI=1S/C24H35NO4/c1-6-7-8-12-19-15-21(27)20(14-13-17(4)11-9-10-16(2)3)23(28)22(19)24(29)25-18(5)26/h10,13,15,27-28H,6-9,11-12,14H2,1-5H3,(H,25,26,29). The fourth-order valence-electron chi connectivity index (χ4n) is 3.16. The van der Waals surface area contributed by atoms with Crippen molar-refractivity contribution in [3.8, 4) is 11.5 Å². The van der Waals surface area contributed by atoms with E-state index in [0.29, 0.717) is 24.0 Å². The monoisotopic (exact) mass is 401 g/mol. The van der Waals surface area contributed by atoms with E-state index in [1.54, 1.807) is 6.07 Å². The van der Waals surface area contributed by atoms with Crippen LogP contribution in [0.4, 0.5) is 0 Å². The molecule has 0 aliphatic heterocycles. The molecule has 0 saturated heterocycles. The van der Waals surface area contributed by atoms with Gasteiger partial charge in [0.1, 0.15) is 11.5 Å². The zero-order chi connectivity index (χ0) is 22.0. The second kappa shape index (κ2) is 12.1. The Hall–Kier alpha value is -2.56. The first-order chi connectivity index (χ1) is 13.7. The summed E-state index contributed by atoms with van der Waals surface area (Å²) >= 11 is 0. The van der Waals surface area contributed by atoms with Gasteiger partial charge in [-0.15, -0.1) is 0 Å². The van der Waals surface area contributed by atoms with Crippen LogP contribution >= 0.6 is 0 Å². The Labute approximate surface area is 174 Å². The summed E-state index contributed by atoms with van der Waals surface area (Å²) in [5, 5.41) is 23.5. The van der Waals surface area contributed by atoms with Crippen molar-refractivity contribution in [3.63, 3.8) is 0 Å². The first-order valence-electron chi connectivity index (χ1n) is 10.3. The van der Waals surface area contributed by atoms with E-state index in [4.69, 9.17) is 0 Å². The van der Waals surface area contributed by atoms with Gasteiger partial charge in [-0.1, -0.05) is 43.1 Å². The normalized spacial score (nSPS) is 11.3. The van der Waals surface area contributed by atoms with Crippen LogP contribution in [0.5, 0.6) is 11.5 Å². The van der Waals surface area contributed by atoms with Crippen molar-refractivity contribution >= 4 is 11.8 Å². The largest absolute Gasteiger partial charge is 0.508 e. The van der Waals surface area contributed by atoms with Crippen molar-refractivity contribution in [2.24, 2.45) is 0 Å². The van der Waals surface area contributed by atoms with Gasteiger partial charge in [-0.3, -0.25) is 14.9 Å². The van der Waals surface area contributed by atoms with Gasteiger partial charge in [0.05, 0.1) is 5.56 Å². The highest BCUT2D eigenvalue weighted by Gasteiger charge is 2.22. The summed E-state index contributed by atoms with van der Waals surface area (Å²) in [6.07, 6.45) is 9.63. The average Bonchev–Trinajstić information content (AvgIpc) is 2.60. The maximum absolute atomic E-state index is 12.5. The topological polar surface area (TPSA) is 86.6 Å². The smallest absolute Gasteiger partial charge is 0.261 e. The molecule has 0 aliphatic rings. The number of imide groups is 1. The van der Waals surface area contributed by atoms with Crippen molar-refractivity contribution in [1.29, 1.82) is 0 Å². The summed E-state index contributed by atoms with van der Waals surface area (Å²) in [4.78, 5) is 23.9. The number of rotatable bonds is 10. The Morgan fingerprint density at radius 1 is 1.07 bits per heavy atom. The molecule has 0 radical (unpaired) electrons. The highest BCUT2D eigenvalue weighted by atomic mass is 16.3. The first kappa shape index (κ1) is 24.5. The van der Waals surface area contributed by atoms with Gasteiger partial charge in [0, 0.05) is 12.5 Å². The molecular weight excluding hydrogens is 366 g/mol. The zero-order valence-corrected chi connectivity index (χ0v) is 18.4. The van der Waals surface area contributed by atoms with Crippen LogP contribution in [0.1, 0.15) is 88.2 Å². The Balaban J connectivity index is 3.19. The summed E-state index contributed by atoms with van der Waals surface area (Å²) in [6.45, 7) is 9.46. The molecule has 0 aliphatic carbocycles. The highest BCUT2D eigenvalue weighted by molar-refractivity contribution is 6.07. The van der Waals surface area contributed by atoms with Crippen LogP contribution in [0.25, 0.3) is 0 Å². The lowest BCUT2D eigenvalue weighted by Gasteiger charge is -2.16. The number of hydrogen-bond acceptors (Lipinski definition) is 4. The third-order valence-electron chi connectivity index (χ3n) is 4.78. The molecule has 0 saturated carbocycles. The number of allylic oxidation sites excluding steroid dienone is 4. The number of nitrogens with one attached hydrogen (secondary N) is 1. The lowest BCUT2D eigenvalue weighted by Crippen LogP contribution is -2.29. The molecule has 0 bridgehead atoms. The van der Waals surface area contributed by atoms with Gasteiger partial charge in [0.15, 0.2) is 0 Å². The number of hydrogen-bond donors (Lipinski definition) is 3. The quantitative estimate of drug-likeness (QED) is 0.365. The third-order valence-corrected chi connectivity index (χ3v) is 4.78. The van der Waals surface area contributed by atoms with Gasteiger partial charge in [-0.25, -0.2) is 0 Å². The minimum atomic E-state index is -0.632. The number of benzene rings is 1. The lowest BCUT2D eigenvalue weighted by molar-refractivity contribution is -0.118. The molecule has 5 nitrogen and oxygen atoms in total. The van der Waals surface area contributed by atoms with E-state index in [1.165, 1.54) is 12.5 Å². The second-order valence-electron chi connectivity index (χ2n) is 7.80.